The Bertz CT molecular complexity index is 1200. The van der Waals surface area contributed by atoms with Crippen LogP contribution in [0.5, 0.6) is 0 Å². The van der Waals surface area contributed by atoms with Gasteiger partial charge in [0.15, 0.2) is 5.58 Å². The summed E-state index contributed by atoms with van der Waals surface area (Å²) in [4.78, 5) is 43.5. The molecule has 0 bridgehead atoms. The van der Waals surface area contributed by atoms with Crippen LogP contribution in [0.3, 0.4) is 0 Å². The summed E-state index contributed by atoms with van der Waals surface area (Å²) < 4.78 is 20.7. The van der Waals surface area contributed by atoms with Gasteiger partial charge in [-0.1, -0.05) is 19.1 Å². The third-order valence-corrected chi connectivity index (χ3v) is 5.96. The fraction of sp³-hybridized carbons (Fsp3) is 0.273. The van der Waals surface area contributed by atoms with Gasteiger partial charge in [-0.25, -0.2) is 4.39 Å². The van der Waals surface area contributed by atoms with Gasteiger partial charge in [0.2, 0.25) is 11.8 Å². The smallest absolute Gasteiger partial charge is 0.257 e. The van der Waals surface area contributed by atoms with Gasteiger partial charge in [0.1, 0.15) is 17.0 Å². The minimum atomic E-state index is -1.38. The predicted molar refractivity (Wildman–Crippen MR) is 104 cm³/mol. The van der Waals surface area contributed by atoms with E-state index in [1.165, 1.54) is 11.1 Å². The molecule has 2 aliphatic rings. The zero-order valence-electron chi connectivity index (χ0n) is 16.2. The average molecular weight is 407 g/mol. The molecule has 1 fully saturated rings. The number of aromatic nitrogens is 1. The Labute approximate surface area is 170 Å². The number of fused-ring (bicyclic) bond motifs is 2. The highest BCUT2D eigenvalue weighted by atomic mass is 19.1. The van der Waals surface area contributed by atoms with E-state index in [4.69, 9.17) is 4.42 Å². The van der Waals surface area contributed by atoms with Crippen molar-refractivity contribution < 1.29 is 23.2 Å². The number of amides is 3. The topological polar surface area (TPSA) is 92.5 Å². The number of hydrogen-bond acceptors (Lipinski definition) is 5. The third kappa shape index (κ3) is 2.56. The molecule has 152 valence electrons. The summed E-state index contributed by atoms with van der Waals surface area (Å²) in [5.74, 6) is -1.69. The molecule has 0 spiro atoms. The van der Waals surface area contributed by atoms with Gasteiger partial charge in [-0.15, -0.1) is 0 Å². The van der Waals surface area contributed by atoms with Crippen LogP contribution in [0.1, 0.15) is 40.6 Å². The molecule has 8 heteroatoms. The van der Waals surface area contributed by atoms with Crippen LogP contribution < -0.4 is 5.32 Å². The quantitative estimate of drug-likeness (QED) is 0.671. The minimum absolute atomic E-state index is 0.0445. The molecule has 5 rings (SSSR count). The summed E-state index contributed by atoms with van der Waals surface area (Å²) in [6.07, 6.45) is 3.45. The van der Waals surface area contributed by atoms with Crippen molar-refractivity contribution in [1.29, 1.82) is 0 Å². The van der Waals surface area contributed by atoms with E-state index in [0.29, 0.717) is 23.1 Å². The molecule has 0 radical (unpaired) electrons. The lowest BCUT2D eigenvalue weighted by atomic mass is 9.82. The highest BCUT2D eigenvalue weighted by molar-refractivity contribution is 6.10. The van der Waals surface area contributed by atoms with E-state index in [9.17, 15) is 18.8 Å². The molecular formula is C22H18FN3O4. The molecule has 2 aliphatic heterocycles. The van der Waals surface area contributed by atoms with E-state index in [1.807, 2.05) is 6.92 Å². The van der Waals surface area contributed by atoms with Crippen molar-refractivity contribution in [3.8, 4) is 0 Å². The van der Waals surface area contributed by atoms with Crippen molar-refractivity contribution >= 4 is 28.7 Å². The maximum absolute atomic E-state index is 14.8. The first-order valence-corrected chi connectivity index (χ1v) is 9.71. The summed E-state index contributed by atoms with van der Waals surface area (Å²) >= 11 is 0. The maximum Gasteiger partial charge on any atom is 0.257 e. The Balaban J connectivity index is 1.56. The summed E-state index contributed by atoms with van der Waals surface area (Å²) in [5, 5.41) is 3.06. The molecule has 1 N–H and O–H groups in total. The molecule has 1 aromatic carbocycles. The van der Waals surface area contributed by atoms with Crippen LogP contribution in [-0.4, -0.2) is 34.2 Å². The first-order chi connectivity index (χ1) is 14.4. The van der Waals surface area contributed by atoms with Gasteiger partial charge < -0.3 is 9.32 Å². The summed E-state index contributed by atoms with van der Waals surface area (Å²) in [5.41, 5.74) is 0.190. The van der Waals surface area contributed by atoms with E-state index in [0.717, 1.165) is 5.39 Å². The maximum atomic E-state index is 14.8. The summed E-state index contributed by atoms with van der Waals surface area (Å²) in [7, 11) is 0. The Hall–Kier alpha value is -3.55. The zero-order valence-corrected chi connectivity index (χ0v) is 16.2. The largest absolute Gasteiger partial charge is 0.458 e. The van der Waals surface area contributed by atoms with Gasteiger partial charge in [-0.3, -0.25) is 24.7 Å². The molecule has 30 heavy (non-hydrogen) atoms. The molecule has 1 atom stereocenters. The normalized spacial score (nSPS) is 20.9. The number of benzene rings is 1. The zero-order chi connectivity index (χ0) is 21.0. The lowest BCUT2D eigenvalue weighted by Crippen LogP contribution is -2.46. The minimum Gasteiger partial charge on any atom is -0.458 e. The molecule has 0 saturated carbocycles. The number of nitrogens with zero attached hydrogens (tertiary/aromatic N) is 2. The van der Waals surface area contributed by atoms with E-state index in [2.05, 4.69) is 10.3 Å². The molecule has 7 nitrogen and oxygen atoms in total. The standard InChI is InChI=1S/C22H18FN3O4/c1-2-12-3-4-14-10-26(20(28)18(14)19(12)23)11-22(8-17(27)25-21(22)29)16-7-13-5-6-24-9-15(13)30-16/h3-7,9H,2,8,10-11H2,1H3,(H,25,27,29)/t22-/m1/s1. The van der Waals surface area contributed by atoms with Crippen LogP contribution in [0, 0.1) is 5.82 Å². The summed E-state index contributed by atoms with van der Waals surface area (Å²) in [6, 6.07) is 6.86. The van der Waals surface area contributed by atoms with Crippen LogP contribution in [-0.2, 0) is 28.0 Å². The lowest BCUT2D eigenvalue weighted by molar-refractivity contribution is -0.126. The van der Waals surface area contributed by atoms with Crippen molar-refractivity contribution in [2.45, 2.75) is 31.7 Å². The lowest BCUT2D eigenvalue weighted by Gasteiger charge is -2.28. The van der Waals surface area contributed by atoms with E-state index >= 15 is 0 Å². The molecule has 3 amide bonds. The number of nitrogens with one attached hydrogen (secondary N) is 1. The van der Waals surface area contributed by atoms with Gasteiger partial charge in [0, 0.05) is 24.7 Å². The van der Waals surface area contributed by atoms with Crippen molar-refractivity contribution in [3.63, 3.8) is 0 Å². The number of hydrogen-bond donors (Lipinski definition) is 1. The van der Waals surface area contributed by atoms with Gasteiger partial charge in [0.05, 0.1) is 18.2 Å². The van der Waals surface area contributed by atoms with Gasteiger partial charge in [-0.05, 0) is 29.7 Å². The second kappa shape index (κ2) is 6.48. The fourth-order valence-corrected chi connectivity index (χ4v) is 4.35. The summed E-state index contributed by atoms with van der Waals surface area (Å²) in [6.45, 7) is 1.90. The SMILES string of the molecule is CCc1ccc2c(c1F)C(=O)N(C[C@@]1(c3cc4ccncc4o3)CC(=O)NC1=O)C2. The molecule has 2 aromatic heterocycles. The molecule has 4 heterocycles. The first kappa shape index (κ1) is 18.5. The Morgan fingerprint density at radius 2 is 2.10 bits per heavy atom. The van der Waals surface area contributed by atoms with Crippen LogP contribution >= 0.6 is 0 Å². The van der Waals surface area contributed by atoms with Crippen LogP contribution in [0.25, 0.3) is 11.0 Å². The Morgan fingerprint density at radius 3 is 2.80 bits per heavy atom. The highest BCUT2D eigenvalue weighted by Gasteiger charge is 2.53. The van der Waals surface area contributed by atoms with Gasteiger partial charge >= 0.3 is 0 Å². The Kier molecular flexibility index (Phi) is 3.99. The van der Waals surface area contributed by atoms with E-state index < -0.39 is 29.0 Å². The number of pyridine rings is 1. The van der Waals surface area contributed by atoms with E-state index in [-0.39, 0.29) is 30.8 Å². The second-order valence-electron chi connectivity index (χ2n) is 7.75. The number of carbonyl (C=O) groups is 3. The van der Waals surface area contributed by atoms with Crippen LogP contribution in [0.4, 0.5) is 4.39 Å². The molecule has 3 aromatic rings. The number of rotatable bonds is 4. The molecule has 0 aliphatic carbocycles. The fourth-order valence-electron chi connectivity index (χ4n) is 4.35. The third-order valence-electron chi connectivity index (χ3n) is 5.96. The number of carbonyl (C=O) groups excluding carboxylic acids is 3. The van der Waals surface area contributed by atoms with Gasteiger partial charge in [0.25, 0.3) is 5.91 Å². The highest BCUT2D eigenvalue weighted by Crippen LogP contribution is 2.39. The molecule has 0 unspecified atom stereocenters. The van der Waals surface area contributed by atoms with Crippen molar-refractivity contribution in [1.82, 2.24) is 15.2 Å². The number of imide groups is 1. The van der Waals surface area contributed by atoms with Crippen molar-refractivity contribution in [2.75, 3.05) is 6.54 Å². The molecule has 1 saturated heterocycles. The predicted octanol–water partition coefficient (Wildman–Crippen LogP) is 2.47. The number of halogens is 1. The first-order valence-electron chi connectivity index (χ1n) is 9.71. The second-order valence-corrected chi connectivity index (χ2v) is 7.75. The van der Waals surface area contributed by atoms with Crippen molar-refractivity contribution in [3.05, 3.63) is 64.9 Å². The van der Waals surface area contributed by atoms with Crippen LogP contribution in [0.2, 0.25) is 0 Å². The number of furan rings is 1. The molecular weight excluding hydrogens is 389 g/mol. The average Bonchev–Trinajstić information content (AvgIpc) is 3.37. The van der Waals surface area contributed by atoms with E-state index in [1.54, 1.807) is 30.5 Å². The Morgan fingerprint density at radius 1 is 1.27 bits per heavy atom. The van der Waals surface area contributed by atoms with Crippen molar-refractivity contribution in [2.24, 2.45) is 0 Å². The van der Waals surface area contributed by atoms with Crippen LogP contribution in [0.15, 0.2) is 41.1 Å². The monoisotopic (exact) mass is 407 g/mol. The number of aryl methyl sites for hydroxylation is 1. The van der Waals surface area contributed by atoms with Gasteiger partial charge in [-0.2, -0.15) is 0 Å².